The molecule has 30 heavy (non-hydrogen) atoms. The second kappa shape index (κ2) is 11.8. The van der Waals surface area contributed by atoms with Crippen LogP contribution in [0.2, 0.25) is 0 Å². The summed E-state index contributed by atoms with van der Waals surface area (Å²) in [5.74, 6) is 1.96. The number of benzene rings is 1. The molecule has 1 aromatic carbocycles. The summed E-state index contributed by atoms with van der Waals surface area (Å²) in [5.41, 5.74) is 2.24. The second-order valence-electron chi connectivity index (χ2n) is 8.02. The fourth-order valence-corrected chi connectivity index (χ4v) is 3.81. The van der Waals surface area contributed by atoms with Gasteiger partial charge in [0.25, 0.3) is 0 Å². The van der Waals surface area contributed by atoms with Gasteiger partial charge in [-0.2, -0.15) is 0 Å². The Morgan fingerprint density at radius 1 is 1.33 bits per heavy atom. The van der Waals surface area contributed by atoms with E-state index in [1.54, 1.807) is 0 Å². The number of likely N-dealkylation sites (tertiary alicyclic amines) is 1. The normalized spacial score (nSPS) is 19.4. The van der Waals surface area contributed by atoms with Gasteiger partial charge >= 0.3 is 0 Å². The molecule has 0 spiro atoms. The Labute approximate surface area is 180 Å². The van der Waals surface area contributed by atoms with Crippen molar-refractivity contribution in [2.24, 2.45) is 4.99 Å². The molecule has 1 unspecified atom stereocenters. The van der Waals surface area contributed by atoms with Crippen LogP contribution < -0.4 is 15.4 Å². The Kier molecular flexibility index (Phi) is 8.81. The third-order valence-corrected chi connectivity index (χ3v) is 5.49. The Balaban J connectivity index is 1.51. The van der Waals surface area contributed by atoms with E-state index in [4.69, 9.17) is 14.5 Å². The van der Waals surface area contributed by atoms with Gasteiger partial charge in [0.1, 0.15) is 12.4 Å². The number of nitrogens with zero attached hydrogens (tertiary/aromatic N) is 2. The molecule has 166 valence electrons. The average Bonchev–Trinajstić information content (AvgIpc) is 3.40. The Hall–Kier alpha value is -2.28. The molecule has 2 fully saturated rings. The van der Waals surface area contributed by atoms with E-state index in [0.29, 0.717) is 19.6 Å². The second-order valence-corrected chi connectivity index (χ2v) is 8.02. The molecule has 1 atom stereocenters. The summed E-state index contributed by atoms with van der Waals surface area (Å²) in [6.07, 6.45) is 4.98. The standard InChI is InChI=1S/C23H36N4O3/c1-3-24-23(25-11-6-13-27-12-4-8-22(27)28)26-16-19-10-9-18(2)15-21(19)30-17-20-7-5-14-29-20/h9-10,15,20H,3-8,11-14,16-17H2,1-2H3,(H2,24,25,26). The lowest BCUT2D eigenvalue weighted by molar-refractivity contribution is -0.127. The maximum atomic E-state index is 11.7. The van der Waals surface area contributed by atoms with Crippen molar-refractivity contribution in [1.82, 2.24) is 15.5 Å². The quantitative estimate of drug-likeness (QED) is 0.348. The molecule has 7 nitrogen and oxygen atoms in total. The number of nitrogens with one attached hydrogen (secondary N) is 2. The van der Waals surface area contributed by atoms with E-state index in [1.165, 1.54) is 5.56 Å². The minimum absolute atomic E-state index is 0.198. The zero-order valence-electron chi connectivity index (χ0n) is 18.4. The molecule has 0 radical (unpaired) electrons. The summed E-state index contributed by atoms with van der Waals surface area (Å²) in [6, 6.07) is 6.26. The van der Waals surface area contributed by atoms with Gasteiger partial charge in [0.05, 0.1) is 12.6 Å². The molecule has 2 heterocycles. The van der Waals surface area contributed by atoms with E-state index in [2.05, 4.69) is 42.7 Å². The first-order valence-corrected chi connectivity index (χ1v) is 11.3. The van der Waals surface area contributed by atoms with Crippen LogP contribution in [-0.4, -0.2) is 62.3 Å². The third-order valence-electron chi connectivity index (χ3n) is 5.49. The third kappa shape index (κ3) is 6.90. The van der Waals surface area contributed by atoms with E-state index in [-0.39, 0.29) is 12.0 Å². The molecule has 0 aliphatic carbocycles. The van der Waals surface area contributed by atoms with Crippen LogP contribution >= 0.6 is 0 Å². The Bertz CT molecular complexity index is 716. The number of hydrogen-bond acceptors (Lipinski definition) is 4. The molecule has 2 N–H and O–H groups in total. The molecule has 0 bridgehead atoms. The van der Waals surface area contributed by atoms with E-state index in [1.807, 2.05) is 4.90 Å². The van der Waals surface area contributed by atoms with Crippen LogP contribution in [0, 0.1) is 6.92 Å². The molecule has 2 saturated heterocycles. The first-order valence-electron chi connectivity index (χ1n) is 11.3. The van der Waals surface area contributed by atoms with Crippen molar-refractivity contribution in [1.29, 1.82) is 0 Å². The first kappa shape index (κ1) is 22.4. The fraction of sp³-hybridized carbons (Fsp3) is 0.652. The molecular weight excluding hydrogens is 380 g/mol. The van der Waals surface area contributed by atoms with E-state index in [9.17, 15) is 4.79 Å². The van der Waals surface area contributed by atoms with Crippen molar-refractivity contribution in [3.05, 3.63) is 29.3 Å². The van der Waals surface area contributed by atoms with Crippen molar-refractivity contribution >= 4 is 11.9 Å². The molecule has 0 aromatic heterocycles. The molecule has 1 amide bonds. The smallest absolute Gasteiger partial charge is 0.222 e. The SMILES string of the molecule is CCNC(=NCc1ccc(C)cc1OCC1CCCO1)NCCCN1CCCC1=O. The van der Waals surface area contributed by atoms with Gasteiger partial charge < -0.3 is 25.0 Å². The van der Waals surface area contributed by atoms with Crippen LogP contribution in [0.15, 0.2) is 23.2 Å². The monoisotopic (exact) mass is 416 g/mol. The molecular formula is C23H36N4O3. The topological polar surface area (TPSA) is 75.2 Å². The van der Waals surface area contributed by atoms with Crippen molar-refractivity contribution in [3.63, 3.8) is 0 Å². The molecule has 3 rings (SSSR count). The lowest BCUT2D eigenvalue weighted by Crippen LogP contribution is -2.39. The number of rotatable bonds is 10. The van der Waals surface area contributed by atoms with Gasteiger partial charge in [-0.1, -0.05) is 12.1 Å². The number of ether oxygens (including phenoxy) is 2. The summed E-state index contributed by atoms with van der Waals surface area (Å²) in [7, 11) is 0. The summed E-state index contributed by atoms with van der Waals surface area (Å²) in [6.45, 7) is 9.39. The van der Waals surface area contributed by atoms with E-state index in [0.717, 1.165) is 75.7 Å². The number of aryl methyl sites for hydroxylation is 1. The van der Waals surface area contributed by atoms with Crippen molar-refractivity contribution < 1.29 is 14.3 Å². The highest BCUT2D eigenvalue weighted by atomic mass is 16.5. The summed E-state index contributed by atoms with van der Waals surface area (Å²) in [5, 5.41) is 6.67. The van der Waals surface area contributed by atoms with Crippen molar-refractivity contribution in [2.45, 2.75) is 58.6 Å². The molecule has 2 aliphatic heterocycles. The lowest BCUT2D eigenvalue weighted by atomic mass is 10.1. The minimum atomic E-state index is 0.198. The Morgan fingerprint density at radius 2 is 2.23 bits per heavy atom. The van der Waals surface area contributed by atoms with E-state index >= 15 is 0 Å². The highest BCUT2D eigenvalue weighted by Crippen LogP contribution is 2.23. The van der Waals surface area contributed by atoms with Crippen LogP contribution in [0.1, 0.15) is 50.2 Å². The van der Waals surface area contributed by atoms with Crippen LogP contribution in [0.5, 0.6) is 5.75 Å². The predicted octanol–water partition coefficient (Wildman–Crippen LogP) is 2.62. The summed E-state index contributed by atoms with van der Waals surface area (Å²) in [4.78, 5) is 18.4. The number of hydrogen-bond donors (Lipinski definition) is 2. The number of amides is 1. The molecule has 0 saturated carbocycles. The first-order chi connectivity index (χ1) is 14.7. The largest absolute Gasteiger partial charge is 0.491 e. The van der Waals surface area contributed by atoms with Crippen LogP contribution in [0.25, 0.3) is 0 Å². The summed E-state index contributed by atoms with van der Waals surface area (Å²) >= 11 is 0. The molecule has 2 aliphatic rings. The number of aliphatic imine (C=N–C) groups is 1. The maximum absolute atomic E-state index is 11.7. The highest BCUT2D eigenvalue weighted by molar-refractivity contribution is 5.80. The van der Waals surface area contributed by atoms with Crippen molar-refractivity contribution in [2.75, 3.05) is 39.4 Å². The average molecular weight is 417 g/mol. The number of guanidine groups is 1. The van der Waals surface area contributed by atoms with Crippen LogP contribution in [0.4, 0.5) is 0 Å². The lowest BCUT2D eigenvalue weighted by Gasteiger charge is -2.17. The molecule has 1 aromatic rings. The Morgan fingerprint density at radius 3 is 2.97 bits per heavy atom. The van der Waals surface area contributed by atoms with Gasteiger partial charge in [0.15, 0.2) is 5.96 Å². The van der Waals surface area contributed by atoms with Gasteiger partial charge in [-0.25, -0.2) is 4.99 Å². The van der Waals surface area contributed by atoms with E-state index < -0.39 is 0 Å². The van der Waals surface area contributed by atoms with Gasteiger partial charge in [0, 0.05) is 44.8 Å². The predicted molar refractivity (Wildman–Crippen MR) is 119 cm³/mol. The highest BCUT2D eigenvalue weighted by Gasteiger charge is 2.19. The van der Waals surface area contributed by atoms with Gasteiger partial charge in [0.2, 0.25) is 5.91 Å². The van der Waals surface area contributed by atoms with Crippen molar-refractivity contribution in [3.8, 4) is 5.75 Å². The van der Waals surface area contributed by atoms with Crippen LogP contribution in [-0.2, 0) is 16.1 Å². The summed E-state index contributed by atoms with van der Waals surface area (Å²) < 4.78 is 11.8. The van der Waals surface area contributed by atoms with Gasteiger partial charge in [-0.15, -0.1) is 0 Å². The van der Waals surface area contributed by atoms with Gasteiger partial charge in [-0.3, -0.25) is 4.79 Å². The zero-order chi connectivity index (χ0) is 21.2. The fourth-order valence-electron chi connectivity index (χ4n) is 3.81. The molecule has 7 heteroatoms. The zero-order valence-corrected chi connectivity index (χ0v) is 18.4. The minimum Gasteiger partial charge on any atom is -0.491 e. The number of carbonyl (C=O) groups excluding carboxylic acids is 1. The van der Waals surface area contributed by atoms with Crippen LogP contribution in [0.3, 0.4) is 0 Å². The van der Waals surface area contributed by atoms with Gasteiger partial charge in [-0.05, 0) is 51.2 Å². The number of carbonyl (C=O) groups is 1. The maximum Gasteiger partial charge on any atom is 0.222 e.